The summed E-state index contributed by atoms with van der Waals surface area (Å²) in [5, 5.41) is 43.8. The molecule has 1 aromatic rings. The Hall–Kier alpha value is -5.54. The third-order valence-corrected chi connectivity index (χ3v) is 13.6. The van der Waals surface area contributed by atoms with Crippen LogP contribution in [-0.4, -0.2) is 167 Å². The molecule has 11 atom stereocenters. The zero-order chi connectivity index (χ0) is 59.9. The molecular weight excluding hydrogens is 1060 g/mol. The number of nitrogens with one attached hydrogen (secondary N) is 9. The van der Waals surface area contributed by atoms with Crippen molar-refractivity contribution in [3.63, 3.8) is 0 Å². The van der Waals surface area contributed by atoms with E-state index in [4.69, 9.17) is 17.2 Å². The number of unbranched alkanes of at least 4 members (excludes halogenated alkanes) is 2. The van der Waals surface area contributed by atoms with Crippen molar-refractivity contribution >= 4 is 83.5 Å². The van der Waals surface area contributed by atoms with Gasteiger partial charge < -0.3 is 75.3 Å². The number of nitrogens with two attached hydrogens (primary N) is 3. The molecule has 0 radical (unpaired) electrons. The highest BCUT2D eigenvalue weighted by molar-refractivity contribution is 7.98. The van der Waals surface area contributed by atoms with Gasteiger partial charge in [0.1, 0.15) is 54.4 Å². The van der Waals surface area contributed by atoms with Crippen LogP contribution in [0.15, 0.2) is 30.3 Å². The minimum atomic E-state index is -1.58. The maximum Gasteiger partial charge on any atom is 0.326 e. The summed E-state index contributed by atoms with van der Waals surface area (Å²) in [6, 6.07) is -3.79. The number of aliphatic hydroxyl groups is 1. The van der Waals surface area contributed by atoms with E-state index in [0.29, 0.717) is 50.0 Å². The predicted molar refractivity (Wildman–Crippen MR) is 307 cm³/mol. The van der Waals surface area contributed by atoms with Crippen molar-refractivity contribution in [3.05, 3.63) is 35.9 Å². The number of hydrogen-bond donors (Lipinski definition) is 15. The number of thiol groups is 1. The molecule has 9 amide bonds. The Kier molecular flexibility index (Phi) is 34.5. The van der Waals surface area contributed by atoms with Crippen LogP contribution in [0.1, 0.15) is 119 Å². The van der Waals surface area contributed by atoms with E-state index in [2.05, 4.69) is 60.5 Å². The Morgan fingerprint density at radius 1 is 0.519 bits per heavy atom. The first kappa shape index (κ1) is 71.5. The normalized spacial score (nSPS) is 15.6. The molecule has 0 aromatic heterocycles. The molecule has 0 aliphatic rings. The number of carboxylic acid groups (broad SMARTS) is 1. The smallest absolute Gasteiger partial charge is 0.326 e. The lowest BCUT2D eigenvalue weighted by molar-refractivity contribution is -0.143. The van der Waals surface area contributed by atoms with Crippen molar-refractivity contribution in [2.75, 3.05) is 30.9 Å². The van der Waals surface area contributed by atoms with E-state index >= 15 is 0 Å². The Bertz CT molecular complexity index is 2110. The summed E-state index contributed by atoms with van der Waals surface area (Å²) >= 11 is 5.71. The van der Waals surface area contributed by atoms with Crippen molar-refractivity contribution in [2.45, 2.75) is 186 Å². The number of aliphatic hydroxyl groups excluding tert-OH is 1. The molecule has 0 heterocycles. The molecule has 17 N–H and O–H groups in total. The molecule has 26 heteroatoms. The topological polar surface area (TPSA) is 397 Å². The molecule has 0 bridgehead atoms. The zero-order valence-corrected chi connectivity index (χ0v) is 49.1. The Morgan fingerprint density at radius 3 is 1.48 bits per heavy atom. The number of carbonyl (C=O) groups is 10. The van der Waals surface area contributed by atoms with Crippen LogP contribution in [0.3, 0.4) is 0 Å². The molecule has 0 saturated carbocycles. The van der Waals surface area contributed by atoms with E-state index in [9.17, 15) is 58.2 Å². The van der Waals surface area contributed by atoms with Crippen LogP contribution in [-0.2, 0) is 54.4 Å². The molecule has 1 rings (SSSR count). The summed E-state index contributed by atoms with van der Waals surface area (Å²) in [4.78, 5) is 136. The largest absolute Gasteiger partial charge is 0.480 e. The van der Waals surface area contributed by atoms with Crippen molar-refractivity contribution < 1.29 is 58.2 Å². The fraction of sp³-hybridized carbons (Fsp3) is 0.698. The highest BCUT2D eigenvalue weighted by Crippen LogP contribution is 2.13. The monoisotopic (exact) mass is 1150 g/mol. The molecule has 0 spiro atoms. The van der Waals surface area contributed by atoms with Crippen LogP contribution in [0.4, 0.5) is 0 Å². The molecular formula is C53H92N12O12S2. The van der Waals surface area contributed by atoms with E-state index in [0.717, 1.165) is 0 Å². The van der Waals surface area contributed by atoms with Gasteiger partial charge in [0.2, 0.25) is 53.2 Å². The second-order valence-electron chi connectivity index (χ2n) is 21.0. The van der Waals surface area contributed by atoms with Crippen LogP contribution in [0.25, 0.3) is 0 Å². The van der Waals surface area contributed by atoms with Crippen molar-refractivity contribution in [1.82, 2.24) is 47.9 Å². The fourth-order valence-electron chi connectivity index (χ4n) is 8.03. The van der Waals surface area contributed by atoms with Gasteiger partial charge in [0.25, 0.3) is 0 Å². The van der Waals surface area contributed by atoms with E-state index in [-0.39, 0.29) is 56.2 Å². The average molecular weight is 1150 g/mol. The molecule has 0 fully saturated rings. The van der Waals surface area contributed by atoms with Gasteiger partial charge in [0, 0.05) is 12.2 Å². The molecule has 0 aliphatic heterocycles. The van der Waals surface area contributed by atoms with Gasteiger partial charge in [0.05, 0.1) is 12.1 Å². The minimum absolute atomic E-state index is 0.0416. The maximum absolute atomic E-state index is 14.1. The molecule has 0 saturated heterocycles. The lowest BCUT2D eigenvalue weighted by Crippen LogP contribution is -2.62. The van der Waals surface area contributed by atoms with Crippen LogP contribution < -0.4 is 65.1 Å². The Balaban J connectivity index is 3.35. The molecule has 1 aromatic carbocycles. The maximum atomic E-state index is 14.1. The number of carbonyl (C=O) groups excluding carboxylic acids is 9. The average Bonchev–Trinajstić information content (AvgIpc) is 3.38. The zero-order valence-electron chi connectivity index (χ0n) is 47.4. The standard InChI is InChI=1S/C53H92N12O12S2/c1-29(2)25-38(48(71)62-40(53(76)77)26-30(3)4)60-49(72)39(27-34-17-11-10-12-18-34)61-50(73)41(28-78)63-46(69)36(20-14-16-23-55)59-47(70)37(21-24-79-9)58-44(67)32(7)57-52(75)43(33(8)66)65-51(74)42(31(5)6)64-45(68)35(56)19-13-15-22-54/h10-12,17-18,29-33,35-43,66,78H,13-16,19-28,54-56H2,1-9H3,(H,57,75)(H,58,67)(H,59,70)(H,60,72)(H,61,73)(H,62,71)(H,63,69)(H,64,68)(H,65,74)(H,76,77)/t32-,33-,35-,36+,37+,38+,39+,40+,41+,42+,43+/m1/s1. The summed E-state index contributed by atoms with van der Waals surface area (Å²) in [7, 11) is 0. The number of aliphatic carboxylic acids is 1. The lowest BCUT2D eigenvalue weighted by Gasteiger charge is -2.28. The van der Waals surface area contributed by atoms with Crippen LogP contribution in [0.2, 0.25) is 0 Å². The first-order valence-electron chi connectivity index (χ1n) is 27.1. The molecule has 79 heavy (non-hydrogen) atoms. The second kappa shape index (κ2) is 38.2. The number of hydrogen-bond acceptors (Lipinski definition) is 16. The Morgan fingerprint density at radius 2 is 0.962 bits per heavy atom. The molecule has 0 unspecified atom stereocenters. The second-order valence-corrected chi connectivity index (χ2v) is 22.3. The van der Waals surface area contributed by atoms with E-state index in [1.54, 1.807) is 50.4 Å². The number of thioether (sulfide) groups is 1. The third kappa shape index (κ3) is 27.5. The van der Waals surface area contributed by atoms with Crippen LogP contribution >= 0.6 is 24.4 Å². The lowest BCUT2D eigenvalue weighted by atomic mass is 9.99. The number of amides is 9. The summed E-state index contributed by atoms with van der Waals surface area (Å²) < 4.78 is 0. The van der Waals surface area contributed by atoms with Gasteiger partial charge >= 0.3 is 5.97 Å². The first-order valence-corrected chi connectivity index (χ1v) is 29.2. The minimum Gasteiger partial charge on any atom is -0.480 e. The van der Waals surface area contributed by atoms with E-state index in [1.807, 2.05) is 27.7 Å². The Labute approximate surface area is 475 Å². The van der Waals surface area contributed by atoms with Gasteiger partial charge in [-0.25, -0.2) is 4.79 Å². The van der Waals surface area contributed by atoms with Crippen molar-refractivity contribution in [2.24, 2.45) is 35.0 Å². The number of benzene rings is 1. The third-order valence-electron chi connectivity index (χ3n) is 12.6. The van der Waals surface area contributed by atoms with Crippen molar-refractivity contribution in [1.29, 1.82) is 0 Å². The quantitative estimate of drug-likeness (QED) is 0.0280. The summed E-state index contributed by atoms with van der Waals surface area (Å²) in [6.45, 7) is 13.9. The predicted octanol–water partition coefficient (Wildman–Crippen LogP) is -0.906. The number of rotatable bonds is 39. The van der Waals surface area contributed by atoms with Crippen LogP contribution in [0, 0.1) is 17.8 Å². The highest BCUT2D eigenvalue weighted by atomic mass is 32.2. The van der Waals surface area contributed by atoms with Crippen molar-refractivity contribution in [3.8, 4) is 0 Å². The summed E-state index contributed by atoms with van der Waals surface area (Å²) in [6.07, 6.45) is 3.12. The molecule has 448 valence electrons. The summed E-state index contributed by atoms with van der Waals surface area (Å²) in [5.41, 5.74) is 18.0. The number of carboxylic acids is 1. The highest BCUT2D eigenvalue weighted by Gasteiger charge is 2.36. The van der Waals surface area contributed by atoms with Crippen LogP contribution in [0.5, 0.6) is 0 Å². The first-order chi connectivity index (χ1) is 37.2. The molecule has 0 aliphatic carbocycles. The SMILES string of the molecule is CSCC[C@H](NC(=O)[C@@H](C)NC(=O)[C@@H](NC(=O)[C@@H](NC(=O)[C@H](N)CCCCN)C(C)C)[C@@H](C)O)C(=O)N[C@@H](CCCCN)C(=O)N[C@@H](CS)C(=O)N[C@@H](Cc1ccccc1)C(=O)N[C@@H](CC(C)C)C(=O)N[C@@H](CC(C)C)C(=O)O. The summed E-state index contributed by atoms with van der Waals surface area (Å²) in [5.74, 6) is -8.73. The fourth-order valence-corrected chi connectivity index (χ4v) is 8.75. The van der Waals surface area contributed by atoms with Gasteiger partial charge in [-0.2, -0.15) is 24.4 Å². The molecule has 24 nitrogen and oxygen atoms in total. The van der Waals surface area contributed by atoms with Gasteiger partial charge in [0.15, 0.2) is 0 Å². The van der Waals surface area contributed by atoms with E-state index < -0.39 is 132 Å². The van der Waals surface area contributed by atoms with Gasteiger partial charge in [-0.3, -0.25) is 43.2 Å². The van der Waals surface area contributed by atoms with E-state index in [1.165, 1.54) is 25.6 Å². The van der Waals surface area contributed by atoms with Gasteiger partial charge in [-0.1, -0.05) is 78.3 Å². The van der Waals surface area contributed by atoms with Gasteiger partial charge in [-0.05, 0) is 114 Å². The van der Waals surface area contributed by atoms with Gasteiger partial charge in [-0.15, -0.1) is 0 Å².